The Hall–Kier alpha value is -2.94. The number of hydrazine groups is 1. The second kappa shape index (κ2) is 4.87. The Bertz CT molecular complexity index is 806. The third-order valence-corrected chi connectivity index (χ3v) is 3.55. The molecule has 0 spiro atoms. The molecular weight excluding hydrogens is 260 g/mol. The molecule has 0 unspecified atom stereocenters. The van der Waals surface area contributed by atoms with Crippen LogP contribution in [0.5, 0.6) is 0 Å². The predicted octanol–water partition coefficient (Wildman–Crippen LogP) is 4.09. The molecule has 0 aliphatic carbocycles. The smallest absolute Gasteiger partial charge is 0.182 e. The Morgan fingerprint density at radius 2 is 1.52 bits per heavy atom. The summed E-state index contributed by atoms with van der Waals surface area (Å²) in [6.07, 6.45) is 1.87. The number of rotatable bonds is 2. The van der Waals surface area contributed by atoms with Crippen LogP contribution in [-0.4, -0.2) is 0 Å². The summed E-state index contributed by atoms with van der Waals surface area (Å²) < 4.78 is 0. The van der Waals surface area contributed by atoms with Gasteiger partial charge in [-0.15, -0.1) is 5.17 Å². The summed E-state index contributed by atoms with van der Waals surface area (Å²) in [6, 6.07) is 24.5. The van der Waals surface area contributed by atoms with Gasteiger partial charge in [0.05, 0.1) is 6.20 Å². The average Bonchev–Trinajstić information content (AvgIpc) is 3.05. The van der Waals surface area contributed by atoms with E-state index in [0.717, 1.165) is 22.4 Å². The third kappa shape index (κ3) is 2.09. The highest BCUT2D eigenvalue weighted by Crippen LogP contribution is 2.30. The zero-order chi connectivity index (χ0) is 14.1. The number of hydrogen-bond donors (Lipinski definition) is 1. The van der Waals surface area contributed by atoms with E-state index in [1.807, 2.05) is 60.8 Å². The number of fused-ring (bicyclic) bond motifs is 1. The first kappa shape index (κ1) is 11.9. The van der Waals surface area contributed by atoms with Gasteiger partial charge in [0.25, 0.3) is 0 Å². The van der Waals surface area contributed by atoms with Crippen LogP contribution in [0.25, 0.3) is 16.5 Å². The fourth-order valence-corrected chi connectivity index (χ4v) is 2.51. The number of hydrogen-bond acceptors (Lipinski definition) is 3. The van der Waals surface area contributed by atoms with Crippen molar-refractivity contribution in [2.45, 2.75) is 0 Å². The molecule has 0 bridgehead atoms. The molecule has 0 atom stereocenters. The highest BCUT2D eigenvalue weighted by atomic mass is 16.7. The zero-order valence-corrected chi connectivity index (χ0v) is 11.4. The van der Waals surface area contributed by atoms with E-state index >= 15 is 0 Å². The molecule has 3 heteroatoms. The van der Waals surface area contributed by atoms with Crippen LogP contribution in [0.3, 0.4) is 0 Å². The van der Waals surface area contributed by atoms with Gasteiger partial charge < -0.3 is 4.84 Å². The summed E-state index contributed by atoms with van der Waals surface area (Å²) in [4.78, 5) is 5.92. The molecule has 3 aromatic rings. The highest BCUT2D eigenvalue weighted by Gasteiger charge is 2.19. The normalized spacial score (nSPS) is 13.7. The van der Waals surface area contributed by atoms with Crippen molar-refractivity contribution in [3.8, 4) is 0 Å². The summed E-state index contributed by atoms with van der Waals surface area (Å²) in [5.41, 5.74) is 5.21. The fraction of sp³-hybridized carbons (Fsp3) is 0. The molecule has 0 radical (unpaired) electrons. The van der Waals surface area contributed by atoms with Crippen LogP contribution in [0.2, 0.25) is 0 Å². The minimum absolute atomic E-state index is 0.809. The summed E-state index contributed by atoms with van der Waals surface area (Å²) in [6.45, 7) is 0. The number of benzene rings is 3. The van der Waals surface area contributed by atoms with Gasteiger partial charge in [-0.25, -0.2) is 0 Å². The summed E-state index contributed by atoms with van der Waals surface area (Å²) in [5.74, 6) is 0.809. The molecule has 1 aliphatic rings. The van der Waals surface area contributed by atoms with Crippen molar-refractivity contribution in [2.24, 2.45) is 0 Å². The van der Waals surface area contributed by atoms with E-state index in [-0.39, 0.29) is 0 Å². The zero-order valence-electron chi connectivity index (χ0n) is 11.4. The van der Waals surface area contributed by atoms with Crippen molar-refractivity contribution >= 4 is 22.2 Å². The van der Waals surface area contributed by atoms with Crippen LogP contribution in [0.4, 0.5) is 5.69 Å². The molecule has 1 heterocycles. The van der Waals surface area contributed by atoms with Gasteiger partial charge in [-0.05, 0) is 11.5 Å². The molecule has 0 aromatic heterocycles. The fourth-order valence-electron chi connectivity index (χ4n) is 2.51. The van der Waals surface area contributed by atoms with E-state index < -0.39 is 0 Å². The van der Waals surface area contributed by atoms with Crippen molar-refractivity contribution in [2.75, 3.05) is 5.17 Å². The van der Waals surface area contributed by atoms with Crippen LogP contribution in [0, 0.1) is 0 Å². The lowest BCUT2D eigenvalue weighted by molar-refractivity contribution is 0.244. The topological polar surface area (TPSA) is 24.5 Å². The average molecular weight is 274 g/mol. The second-order valence-electron chi connectivity index (χ2n) is 4.89. The molecule has 0 saturated carbocycles. The quantitative estimate of drug-likeness (QED) is 0.761. The van der Waals surface area contributed by atoms with E-state index in [1.54, 1.807) is 5.17 Å². The first-order chi connectivity index (χ1) is 10.4. The Kier molecular flexibility index (Phi) is 2.75. The van der Waals surface area contributed by atoms with Crippen LogP contribution < -0.4 is 10.6 Å². The Balaban J connectivity index is 1.67. The van der Waals surface area contributed by atoms with Crippen molar-refractivity contribution < 1.29 is 4.84 Å². The molecule has 1 N–H and O–H groups in total. The van der Waals surface area contributed by atoms with Gasteiger partial charge in [-0.3, -0.25) is 5.43 Å². The van der Waals surface area contributed by atoms with Gasteiger partial charge in [0, 0.05) is 10.9 Å². The SMILES string of the molecule is C1=C(c2ccccc2)ON(c2cccc3ccccc23)N1. The molecule has 0 saturated heterocycles. The van der Waals surface area contributed by atoms with Crippen molar-refractivity contribution in [3.63, 3.8) is 0 Å². The lowest BCUT2D eigenvalue weighted by Crippen LogP contribution is -2.28. The van der Waals surface area contributed by atoms with E-state index in [9.17, 15) is 0 Å². The molecule has 0 fully saturated rings. The Morgan fingerprint density at radius 1 is 0.762 bits per heavy atom. The van der Waals surface area contributed by atoms with E-state index in [1.165, 1.54) is 5.39 Å². The lowest BCUT2D eigenvalue weighted by atomic mass is 10.1. The first-order valence-electron chi connectivity index (χ1n) is 6.89. The van der Waals surface area contributed by atoms with Crippen molar-refractivity contribution in [1.29, 1.82) is 0 Å². The molecule has 1 aliphatic heterocycles. The third-order valence-electron chi connectivity index (χ3n) is 3.55. The molecule has 0 amide bonds. The van der Waals surface area contributed by atoms with Gasteiger partial charge in [-0.1, -0.05) is 66.7 Å². The van der Waals surface area contributed by atoms with Crippen LogP contribution in [0.15, 0.2) is 79.0 Å². The van der Waals surface area contributed by atoms with Crippen LogP contribution in [0.1, 0.15) is 5.56 Å². The number of anilines is 1. The maximum Gasteiger partial charge on any atom is 0.182 e. The molecule has 21 heavy (non-hydrogen) atoms. The van der Waals surface area contributed by atoms with Gasteiger partial charge in [0.15, 0.2) is 5.76 Å². The Labute approximate surface area is 123 Å². The molecule has 3 nitrogen and oxygen atoms in total. The van der Waals surface area contributed by atoms with Gasteiger partial charge in [0.2, 0.25) is 0 Å². The van der Waals surface area contributed by atoms with E-state index in [0.29, 0.717) is 0 Å². The second-order valence-corrected chi connectivity index (χ2v) is 4.89. The maximum absolute atomic E-state index is 5.92. The Morgan fingerprint density at radius 3 is 2.43 bits per heavy atom. The number of nitrogens with one attached hydrogen (secondary N) is 1. The molecule has 3 aromatic carbocycles. The summed E-state index contributed by atoms with van der Waals surface area (Å²) >= 11 is 0. The van der Waals surface area contributed by atoms with Crippen LogP contribution in [-0.2, 0) is 4.84 Å². The minimum Gasteiger partial charge on any atom is -0.357 e. The van der Waals surface area contributed by atoms with Crippen molar-refractivity contribution in [3.05, 3.63) is 84.6 Å². The monoisotopic (exact) mass is 274 g/mol. The molecular formula is C18H14N2O. The summed E-state index contributed by atoms with van der Waals surface area (Å²) in [7, 11) is 0. The van der Waals surface area contributed by atoms with Gasteiger partial charge in [-0.2, -0.15) is 0 Å². The molecule has 102 valence electrons. The molecule has 4 rings (SSSR count). The van der Waals surface area contributed by atoms with E-state index in [4.69, 9.17) is 4.84 Å². The van der Waals surface area contributed by atoms with Gasteiger partial charge >= 0.3 is 0 Å². The lowest BCUT2D eigenvalue weighted by Gasteiger charge is -2.19. The largest absolute Gasteiger partial charge is 0.357 e. The summed E-state index contributed by atoms with van der Waals surface area (Å²) in [5, 5.41) is 4.04. The standard InChI is InChI=1S/C18H14N2O/c1-2-8-15(9-3-1)18-13-19-20(21-18)17-12-6-10-14-7-4-5-11-16(14)17/h1-13,19H. The van der Waals surface area contributed by atoms with Gasteiger partial charge in [0.1, 0.15) is 5.69 Å². The highest BCUT2D eigenvalue weighted by molar-refractivity contribution is 5.94. The maximum atomic E-state index is 5.92. The van der Waals surface area contributed by atoms with Crippen LogP contribution >= 0.6 is 0 Å². The minimum atomic E-state index is 0.809. The predicted molar refractivity (Wildman–Crippen MR) is 85.1 cm³/mol. The van der Waals surface area contributed by atoms with Crippen molar-refractivity contribution in [1.82, 2.24) is 5.43 Å². The van der Waals surface area contributed by atoms with E-state index in [2.05, 4.69) is 23.6 Å². The number of nitrogens with zero attached hydrogens (tertiary/aromatic N) is 1. The first-order valence-corrected chi connectivity index (χ1v) is 6.89.